The molecule has 134 valence electrons. The molecule has 0 saturated carbocycles. The van der Waals surface area contributed by atoms with Crippen molar-refractivity contribution in [3.8, 4) is 11.5 Å². The Kier molecular flexibility index (Phi) is 5.11. The molecule has 2 aromatic rings. The fourth-order valence-corrected chi connectivity index (χ4v) is 3.21. The van der Waals surface area contributed by atoms with E-state index in [0.29, 0.717) is 11.5 Å². The summed E-state index contributed by atoms with van der Waals surface area (Å²) in [7, 11) is 5.10. The van der Waals surface area contributed by atoms with Gasteiger partial charge in [0.05, 0.1) is 14.2 Å². The summed E-state index contributed by atoms with van der Waals surface area (Å²) < 4.78 is 12.9. The number of aryl methyl sites for hydroxylation is 1. The van der Waals surface area contributed by atoms with Crippen molar-refractivity contribution in [1.29, 1.82) is 0 Å². The number of carbonyl (C=O) groups is 1. The lowest BCUT2D eigenvalue weighted by Crippen LogP contribution is -2.41. The van der Waals surface area contributed by atoms with Gasteiger partial charge >= 0.3 is 6.03 Å². The van der Waals surface area contributed by atoms with E-state index < -0.39 is 6.04 Å². The van der Waals surface area contributed by atoms with Gasteiger partial charge in [-0.05, 0) is 18.9 Å². The molecular formula is C18H24N4O3. The molecule has 0 radical (unpaired) electrons. The van der Waals surface area contributed by atoms with Crippen molar-refractivity contribution >= 4 is 6.03 Å². The summed E-state index contributed by atoms with van der Waals surface area (Å²) in [5.41, 5.74) is 0.809. The highest BCUT2D eigenvalue weighted by Gasteiger charge is 2.28. The maximum Gasteiger partial charge on any atom is 0.318 e. The lowest BCUT2D eigenvalue weighted by Gasteiger charge is -2.25. The number of imidazole rings is 1. The van der Waals surface area contributed by atoms with E-state index in [1.165, 1.54) is 0 Å². The van der Waals surface area contributed by atoms with Crippen LogP contribution in [0.5, 0.6) is 11.5 Å². The monoisotopic (exact) mass is 344 g/mol. The van der Waals surface area contributed by atoms with E-state index in [2.05, 4.69) is 10.3 Å². The number of urea groups is 1. The van der Waals surface area contributed by atoms with Crippen LogP contribution >= 0.6 is 0 Å². The number of amides is 2. The van der Waals surface area contributed by atoms with Crippen LogP contribution in [0.2, 0.25) is 0 Å². The normalized spacial score (nSPS) is 15.1. The van der Waals surface area contributed by atoms with Crippen LogP contribution in [0.25, 0.3) is 0 Å². The van der Waals surface area contributed by atoms with Crippen LogP contribution in [0.4, 0.5) is 4.79 Å². The van der Waals surface area contributed by atoms with Crippen LogP contribution < -0.4 is 14.8 Å². The fraction of sp³-hybridized carbons (Fsp3) is 0.444. The quantitative estimate of drug-likeness (QED) is 0.904. The van der Waals surface area contributed by atoms with Crippen LogP contribution in [0, 0.1) is 0 Å². The maximum atomic E-state index is 12.7. The number of carbonyl (C=O) groups excluding carboxylic acids is 1. The average Bonchev–Trinajstić information content (AvgIpc) is 3.30. The largest absolute Gasteiger partial charge is 0.493 e. The number of likely N-dealkylation sites (tertiary alicyclic amines) is 1. The molecule has 2 amide bonds. The third-order valence-corrected chi connectivity index (χ3v) is 4.52. The summed E-state index contributed by atoms with van der Waals surface area (Å²) in [4.78, 5) is 19.0. The summed E-state index contributed by atoms with van der Waals surface area (Å²) in [6, 6.07) is 5.12. The van der Waals surface area contributed by atoms with Gasteiger partial charge in [0.1, 0.15) is 11.9 Å². The Morgan fingerprint density at radius 1 is 1.24 bits per heavy atom. The molecule has 1 aliphatic rings. The Bertz CT molecular complexity index is 738. The smallest absolute Gasteiger partial charge is 0.318 e. The molecule has 1 fully saturated rings. The molecule has 0 spiro atoms. The maximum absolute atomic E-state index is 12.7. The Balaban J connectivity index is 2.00. The predicted molar refractivity (Wildman–Crippen MR) is 93.9 cm³/mol. The van der Waals surface area contributed by atoms with E-state index in [9.17, 15) is 4.79 Å². The number of hydrogen-bond donors (Lipinski definition) is 1. The van der Waals surface area contributed by atoms with Crippen LogP contribution in [-0.4, -0.2) is 47.8 Å². The second-order valence-electron chi connectivity index (χ2n) is 6.06. The van der Waals surface area contributed by atoms with Gasteiger partial charge in [0, 0.05) is 38.1 Å². The summed E-state index contributed by atoms with van der Waals surface area (Å²) in [6.45, 7) is 1.57. The number of methoxy groups -OCH3 is 2. The lowest BCUT2D eigenvalue weighted by atomic mass is 10.0. The van der Waals surface area contributed by atoms with Gasteiger partial charge in [0.2, 0.25) is 0 Å². The fourth-order valence-electron chi connectivity index (χ4n) is 3.21. The van der Waals surface area contributed by atoms with Crippen molar-refractivity contribution < 1.29 is 14.3 Å². The number of benzene rings is 1. The first-order chi connectivity index (χ1) is 12.2. The standard InChI is InChI=1S/C18H24N4O3/c1-21-12-9-19-17(21)15(20-18(23)22-10-4-5-11-22)13-7-6-8-14(24-2)16(13)25-3/h6-9,12,15H,4-5,10-11H2,1-3H3,(H,20,23)/t15-/m1/s1. The highest BCUT2D eigenvalue weighted by atomic mass is 16.5. The SMILES string of the molecule is COc1cccc([C@@H](NC(=O)N2CCCC2)c2nccn2C)c1OC. The van der Waals surface area contributed by atoms with Crippen LogP contribution in [0.3, 0.4) is 0 Å². The first-order valence-corrected chi connectivity index (χ1v) is 8.39. The van der Waals surface area contributed by atoms with Crippen molar-refractivity contribution in [1.82, 2.24) is 19.8 Å². The van der Waals surface area contributed by atoms with Crippen molar-refractivity contribution in [2.45, 2.75) is 18.9 Å². The van der Waals surface area contributed by atoms with E-state index >= 15 is 0 Å². The second-order valence-corrected chi connectivity index (χ2v) is 6.06. The van der Waals surface area contributed by atoms with E-state index in [-0.39, 0.29) is 6.03 Å². The zero-order chi connectivity index (χ0) is 17.8. The van der Waals surface area contributed by atoms with E-state index in [0.717, 1.165) is 37.3 Å². The van der Waals surface area contributed by atoms with Crippen molar-refractivity contribution in [2.24, 2.45) is 7.05 Å². The highest BCUT2D eigenvalue weighted by Crippen LogP contribution is 2.36. The van der Waals surface area contributed by atoms with E-state index in [4.69, 9.17) is 9.47 Å². The Morgan fingerprint density at radius 3 is 2.60 bits per heavy atom. The number of nitrogens with zero attached hydrogens (tertiary/aromatic N) is 3. The molecule has 3 rings (SSSR count). The topological polar surface area (TPSA) is 68.6 Å². The van der Waals surface area contributed by atoms with E-state index in [1.54, 1.807) is 20.4 Å². The molecule has 0 unspecified atom stereocenters. The van der Waals surface area contributed by atoms with Gasteiger partial charge in [-0.2, -0.15) is 0 Å². The molecule has 2 heterocycles. The molecule has 25 heavy (non-hydrogen) atoms. The molecule has 0 bridgehead atoms. The minimum Gasteiger partial charge on any atom is -0.493 e. The zero-order valence-electron chi connectivity index (χ0n) is 14.9. The van der Waals surface area contributed by atoms with Gasteiger partial charge in [-0.1, -0.05) is 12.1 Å². The van der Waals surface area contributed by atoms with Crippen molar-refractivity contribution in [3.05, 3.63) is 42.0 Å². The molecule has 1 aliphatic heterocycles. The first kappa shape index (κ1) is 17.1. The minimum atomic E-state index is -0.432. The van der Waals surface area contributed by atoms with Crippen LogP contribution in [-0.2, 0) is 7.05 Å². The van der Waals surface area contributed by atoms with Crippen LogP contribution in [0.1, 0.15) is 30.3 Å². The van der Waals surface area contributed by atoms with E-state index in [1.807, 2.05) is 40.9 Å². The van der Waals surface area contributed by atoms with Gasteiger partial charge in [-0.3, -0.25) is 0 Å². The molecular weight excluding hydrogens is 320 g/mol. The number of hydrogen-bond acceptors (Lipinski definition) is 4. The molecule has 1 saturated heterocycles. The Labute approximate surface area is 147 Å². The first-order valence-electron chi connectivity index (χ1n) is 8.39. The van der Waals surface area contributed by atoms with Crippen LogP contribution in [0.15, 0.2) is 30.6 Å². The number of aromatic nitrogens is 2. The third-order valence-electron chi connectivity index (χ3n) is 4.52. The van der Waals surface area contributed by atoms with Crippen molar-refractivity contribution in [3.63, 3.8) is 0 Å². The molecule has 1 aromatic carbocycles. The lowest BCUT2D eigenvalue weighted by molar-refractivity contribution is 0.205. The van der Waals surface area contributed by atoms with Gasteiger partial charge in [0.15, 0.2) is 11.5 Å². The Hall–Kier alpha value is -2.70. The molecule has 7 heteroatoms. The molecule has 1 atom stereocenters. The minimum absolute atomic E-state index is 0.0876. The van der Waals surface area contributed by atoms with Crippen molar-refractivity contribution in [2.75, 3.05) is 27.3 Å². The molecule has 0 aliphatic carbocycles. The second kappa shape index (κ2) is 7.46. The number of para-hydroxylation sites is 1. The average molecular weight is 344 g/mol. The summed E-state index contributed by atoms with van der Waals surface area (Å²) in [6.07, 6.45) is 5.67. The predicted octanol–water partition coefficient (Wildman–Crippen LogP) is 2.33. The van der Waals surface area contributed by atoms with Gasteiger partial charge < -0.3 is 24.3 Å². The molecule has 1 N–H and O–H groups in total. The van der Waals surface area contributed by atoms with Gasteiger partial charge in [-0.15, -0.1) is 0 Å². The highest BCUT2D eigenvalue weighted by molar-refractivity contribution is 5.75. The zero-order valence-corrected chi connectivity index (χ0v) is 14.9. The van der Waals surface area contributed by atoms with Gasteiger partial charge in [0.25, 0.3) is 0 Å². The Morgan fingerprint density at radius 2 is 2.00 bits per heavy atom. The van der Waals surface area contributed by atoms with Gasteiger partial charge in [-0.25, -0.2) is 9.78 Å². The molecule has 1 aromatic heterocycles. The number of ether oxygens (including phenoxy) is 2. The summed E-state index contributed by atoms with van der Waals surface area (Å²) >= 11 is 0. The molecule has 7 nitrogen and oxygen atoms in total. The third kappa shape index (κ3) is 3.40. The number of nitrogens with one attached hydrogen (secondary N) is 1. The summed E-state index contributed by atoms with van der Waals surface area (Å²) in [5, 5.41) is 3.11. The summed E-state index contributed by atoms with van der Waals surface area (Å²) in [5.74, 6) is 1.95. The number of rotatable bonds is 5.